The van der Waals surface area contributed by atoms with Gasteiger partial charge in [0.05, 0.1) is 18.6 Å². The van der Waals surface area contributed by atoms with Gasteiger partial charge in [0.1, 0.15) is 5.78 Å². The molecule has 0 aromatic heterocycles. The molecule has 130 valence electrons. The predicted octanol–water partition coefficient (Wildman–Crippen LogP) is 1.61. The highest BCUT2D eigenvalue weighted by molar-refractivity contribution is 5.99. The maximum Gasteiger partial charge on any atom is 0.227 e. The molecule has 1 amide bonds. The number of carbonyl (C=O) groups is 2. The molecule has 5 heteroatoms. The van der Waals surface area contributed by atoms with Crippen LogP contribution in [0.3, 0.4) is 0 Å². The minimum atomic E-state index is -0.488. The van der Waals surface area contributed by atoms with Gasteiger partial charge in [-0.2, -0.15) is 0 Å². The van der Waals surface area contributed by atoms with E-state index >= 15 is 0 Å². The lowest BCUT2D eigenvalue weighted by Crippen LogP contribution is -2.47. The van der Waals surface area contributed by atoms with E-state index in [1.54, 1.807) is 0 Å². The smallest absolute Gasteiger partial charge is 0.227 e. The fraction of sp³-hybridized carbons (Fsp3) is 0.889. The van der Waals surface area contributed by atoms with Crippen LogP contribution >= 0.6 is 0 Å². The van der Waals surface area contributed by atoms with Crippen LogP contribution in [-0.2, 0) is 14.3 Å². The second-order valence-electron chi connectivity index (χ2n) is 8.20. The lowest BCUT2D eigenvalue weighted by molar-refractivity contribution is -0.136. The summed E-state index contributed by atoms with van der Waals surface area (Å²) in [6.45, 7) is 11.5. The first-order valence-electron chi connectivity index (χ1n) is 8.95. The monoisotopic (exact) mass is 322 g/mol. The topological polar surface area (TPSA) is 58.6 Å². The number of amides is 1. The van der Waals surface area contributed by atoms with Crippen LogP contribution in [0.1, 0.15) is 46.5 Å². The maximum atomic E-state index is 12.9. The summed E-state index contributed by atoms with van der Waals surface area (Å²) in [6, 6.07) is 0. The van der Waals surface area contributed by atoms with Crippen LogP contribution in [0, 0.1) is 16.2 Å². The van der Waals surface area contributed by atoms with Crippen molar-refractivity contribution in [3.8, 4) is 0 Å². The standard InChI is InChI=1S/C18H30N2O3/c1-16(2)17(3)5-6-18(16,13-14(17)21)15(22)19-7-4-8-20-9-11-23-12-10-20/h4-13H2,1-3H3,(H,19,22)/t17-,18+/m0/s1. The molecule has 1 heterocycles. The van der Waals surface area contributed by atoms with E-state index in [0.29, 0.717) is 13.0 Å². The molecule has 23 heavy (non-hydrogen) atoms. The Morgan fingerprint density at radius 3 is 2.48 bits per heavy atom. The van der Waals surface area contributed by atoms with E-state index < -0.39 is 5.41 Å². The van der Waals surface area contributed by atoms with Gasteiger partial charge in [-0.25, -0.2) is 0 Å². The van der Waals surface area contributed by atoms with Crippen molar-refractivity contribution in [3.63, 3.8) is 0 Å². The molecular weight excluding hydrogens is 292 g/mol. The third kappa shape index (κ3) is 2.43. The zero-order chi connectivity index (χ0) is 16.7. The molecule has 0 unspecified atom stereocenters. The molecule has 2 bridgehead atoms. The van der Waals surface area contributed by atoms with Gasteiger partial charge >= 0.3 is 0 Å². The number of rotatable bonds is 5. The summed E-state index contributed by atoms with van der Waals surface area (Å²) in [5, 5.41) is 3.13. The highest BCUT2D eigenvalue weighted by Gasteiger charge is 2.72. The second-order valence-corrected chi connectivity index (χ2v) is 8.20. The summed E-state index contributed by atoms with van der Waals surface area (Å²) in [6.07, 6.45) is 3.07. The first-order valence-corrected chi connectivity index (χ1v) is 8.95. The summed E-state index contributed by atoms with van der Waals surface area (Å²) in [4.78, 5) is 27.7. The Morgan fingerprint density at radius 1 is 1.22 bits per heavy atom. The fourth-order valence-electron chi connectivity index (χ4n) is 4.86. The van der Waals surface area contributed by atoms with Crippen molar-refractivity contribution < 1.29 is 14.3 Å². The Labute approximate surface area is 139 Å². The van der Waals surface area contributed by atoms with Crippen LogP contribution in [0.25, 0.3) is 0 Å². The Morgan fingerprint density at radius 2 is 1.91 bits per heavy atom. The Bertz CT molecular complexity index is 498. The molecule has 0 spiro atoms. The van der Waals surface area contributed by atoms with Crippen molar-refractivity contribution in [3.05, 3.63) is 0 Å². The molecule has 2 saturated carbocycles. The highest BCUT2D eigenvalue weighted by atomic mass is 16.5. The summed E-state index contributed by atoms with van der Waals surface area (Å²) in [5.74, 6) is 0.372. The van der Waals surface area contributed by atoms with Gasteiger partial charge in [-0.15, -0.1) is 0 Å². The summed E-state index contributed by atoms with van der Waals surface area (Å²) in [5.41, 5.74) is -1.05. The van der Waals surface area contributed by atoms with Crippen molar-refractivity contribution in [1.82, 2.24) is 10.2 Å². The maximum absolute atomic E-state index is 12.9. The molecule has 0 aromatic carbocycles. The van der Waals surface area contributed by atoms with Crippen LogP contribution in [0.2, 0.25) is 0 Å². The third-order valence-corrected chi connectivity index (χ3v) is 7.18. The Balaban J connectivity index is 1.53. The van der Waals surface area contributed by atoms with Crippen LogP contribution in [0.15, 0.2) is 0 Å². The molecule has 1 aliphatic heterocycles. The van der Waals surface area contributed by atoms with Gasteiger partial charge in [0.2, 0.25) is 5.91 Å². The molecule has 1 N–H and O–H groups in total. The first-order chi connectivity index (χ1) is 10.8. The van der Waals surface area contributed by atoms with E-state index in [1.165, 1.54) is 0 Å². The number of Topliss-reactive ketones (excluding diaryl/α,β-unsaturated/α-hetero) is 1. The molecule has 2 aliphatic carbocycles. The van der Waals surface area contributed by atoms with Crippen LogP contribution in [0.5, 0.6) is 0 Å². The number of hydrogen-bond donors (Lipinski definition) is 1. The molecule has 2 atom stereocenters. The van der Waals surface area contributed by atoms with Gasteiger partial charge in [0.25, 0.3) is 0 Å². The molecule has 0 aromatic rings. The molecular formula is C18H30N2O3. The number of fused-ring (bicyclic) bond motifs is 2. The van der Waals surface area contributed by atoms with E-state index in [9.17, 15) is 9.59 Å². The molecule has 3 rings (SSSR count). The van der Waals surface area contributed by atoms with Crippen LogP contribution < -0.4 is 5.32 Å². The molecule has 5 nitrogen and oxygen atoms in total. The second kappa shape index (κ2) is 5.85. The summed E-state index contributed by atoms with van der Waals surface area (Å²) in [7, 11) is 0. The van der Waals surface area contributed by atoms with Gasteiger partial charge in [-0.3, -0.25) is 14.5 Å². The number of ketones is 1. The minimum absolute atomic E-state index is 0.0963. The fourth-order valence-corrected chi connectivity index (χ4v) is 4.86. The SMILES string of the molecule is CC1(C)[C@]2(C(=O)NCCCN3CCOCC3)CC[C@@]1(C)C(=O)C2. The molecule has 3 aliphatic rings. The summed E-state index contributed by atoms with van der Waals surface area (Å²) < 4.78 is 5.34. The van der Waals surface area contributed by atoms with Gasteiger partial charge < -0.3 is 10.1 Å². The Kier molecular flexibility index (Phi) is 4.30. The van der Waals surface area contributed by atoms with Crippen molar-refractivity contribution in [2.75, 3.05) is 39.4 Å². The quantitative estimate of drug-likeness (QED) is 0.781. The summed E-state index contributed by atoms with van der Waals surface area (Å²) >= 11 is 0. The van der Waals surface area contributed by atoms with Crippen molar-refractivity contribution in [2.24, 2.45) is 16.2 Å². The largest absolute Gasteiger partial charge is 0.379 e. The van der Waals surface area contributed by atoms with E-state index in [1.807, 2.05) is 0 Å². The molecule has 0 radical (unpaired) electrons. The highest BCUT2D eigenvalue weighted by Crippen LogP contribution is 2.70. The van der Waals surface area contributed by atoms with Crippen molar-refractivity contribution in [1.29, 1.82) is 0 Å². The predicted molar refractivity (Wildman–Crippen MR) is 88.1 cm³/mol. The van der Waals surface area contributed by atoms with E-state index in [0.717, 1.165) is 52.1 Å². The lowest BCUT2D eigenvalue weighted by Gasteiger charge is -2.38. The third-order valence-electron chi connectivity index (χ3n) is 7.18. The van der Waals surface area contributed by atoms with Gasteiger partial charge in [-0.05, 0) is 31.2 Å². The lowest BCUT2D eigenvalue weighted by atomic mass is 9.64. The number of nitrogens with one attached hydrogen (secondary N) is 1. The van der Waals surface area contributed by atoms with E-state index in [-0.39, 0.29) is 22.5 Å². The number of nitrogens with zero attached hydrogens (tertiary/aromatic N) is 1. The normalized spacial score (nSPS) is 36.4. The van der Waals surface area contributed by atoms with Crippen LogP contribution in [0.4, 0.5) is 0 Å². The number of carbonyl (C=O) groups excluding carboxylic acids is 2. The van der Waals surface area contributed by atoms with Crippen LogP contribution in [-0.4, -0.2) is 56.0 Å². The first kappa shape index (κ1) is 16.9. The average molecular weight is 322 g/mol. The van der Waals surface area contributed by atoms with E-state index in [4.69, 9.17) is 4.74 Å². The Hall–Kier alpha value is -0.940. The number of ether oxygens (including phenoxy) is 1. The number of hydrogen-bond acceptors (Lipinski definition) is 4. The molecule has 3 fully saturated rings. The van der Waals surface area contributed by atoms with Crippen molar-refractivity contribution in [2.45, 2.75) is 46.5 Å². The minimum Gasteiger partial charge on any atom is -0.379 e. The number of morpholine rings is 1. The average Bonchev–Trinajstić information content (AvgIpc) is 2.83. The van der Waals surface area contributed by atoms with Crippen molar-refractivity contribution >= 4 is 11.7 Å². The molecule has 1 saturated heterocycles. The van der Waals surface area contributed by atoms with Gasteiger partial charge in [0.15, 0.2) is 0 Å². The zero-order valence-corrected chi connectivity index (χ0v) is 14.7. The zero-order valence-electron chi connectivity index (χ0n) is 14.7. The van der Waals surface area contributed by atoms with Gasteiger partial charge in [-0.1, -0.05) is 20.8 Å². The van der Waals surface area contributed by atoms with Gasteiger partial charge in [0, 0.05) is 31.5 Å². The van der Waals surface area contributed by atoms with E-state index in [2.05, 4.69) is 31.0 Å².